The third kappa shape index (κ3) is 6.33. The van der Waals surface area contributed by atoms with Crippen LogP contribution in [0, 0.1) is 0 Å². The molecule has 1 aromatic heterocycles. The molecule has 1 N–H and O–H groups in total. The number of hydrogen-bond donors (Lipinski definition) is 1. The highest BCUT2D eigenvalue weighted by Gasteiger charge is 2.30. The van der Waals surface area contributed by atoms with Gasteiger partial charge < -0.3 is 19.9 Å². The Kier molecular flexibility index (Phi) is 7.37. The quantitative estimate of drug-likeness (QED) is 0.575. The Morgan fingerprint density at radius 2 is 1.94 bits per heavy atom. The molecule has 1 unspecified atom stereocenters. The number of halogens is 3. The molecule has 0 saturated carbocycles. The van der Waals surface area contributed by atoms with Crippen LogP contribution in [0.15, 0.2) is 47.6 Å². The molecule has 1 atom stereocenters. The van der Waals surface area contributed by atoms with Gasteiger partial charge in [-0.15, -0.1) is 0 Å². The number of pyridine rings is 1. The van der Waals surface area contributed by atoms with Gasteiger partial charge in [-0.1, -0.05) is 18.2 Å². The second-order valence-electron chi connectivity index (χ2n) is 7.60. The number of hydrogen-bond acceptors (Lipinski definition) is 4. The monoisotopic (exact) mass is 435 g/mol. The normalized spacial score (nSPS) is 17.5. The summed E-state index contributed by atoms with van der Waals surface area (Å²) >= 11 is 0. The summed E-state index contributed by atoms with van der Waals surface area (Å²) in [6.07, 6.45) is -2.29. The molecule has 3 rings (SSSR count). The summed E-state index contributed by atoms with van der Waals surface area (Å²) in [7, 11) is 3.51. The van der Waals surface area contributed by atoms with Gasteiger partial charge in [0, 0.05) is 46.5 Å². The van der Waals surface area contributed by atoms with Crippen LogP contribution in [0.4, 0.5) is 19.0 Å². The molecule has 1 aromatic carbocycles. The first-order valence-electron chi connectivity index (χ1n) is 10.2. The largest absolute Gasteiger partial charge is 0.416 e. The Hall–Kier alpha value is -2.81. The van der Waals surface area contributed by atoms with Crippen molar-refractivity contribution in [1.82, 2.24) is 15.2 Å². The lowest BCUT2D eigenvalue weighted by atomic mass is 10.1. The number of ether oxygens (including phenoxy) is 1. The molecule has 9 heteroatoms. The maximum atomic E-state index is 12.7. The lowest BCUT2D eigenvalue weighted by Gasteiger charge is -2.32. The molecule has 1 fully saturated rings. The Balaban J connectivity index is 1.53. The van der Waals surface area contributed by atoms with E-state index in [1.807, 2.05) is 30.3 Å². The first kappa shape index (κ1) is 22.9. The molecule has 0 aliphatic carbocycles. The number of benzene rings is 1. The van der Waals surface area contributed by atoms with E-state index in [4.69, 9.17) is 4.74 Å². The number of anilines is 1. The number of nitrogens with one attached hydrogen (secondary N) is 1. The molecule has 0 spiro atoms. The number of alkyl halides is 3. The highest BCUT2D eigenvalue weighted by atomic mass is 19.4. The zero-order valence-corrected chi connectivity index (χ0v) is 18.0. The van der Waals surface area contributed by atoms with Gasteiger partial charge in [0.25, 0.3) is 0 Å². The number of morpholine rings is 1. The van der Waals surface area contributed by atoms with E-state index in [9.17, 15) is 13.2 Å². The molecule has 0 radical (unpaired) electrons. The predicted molar refractivity (Wildman–Crippen MR) is 115 cm³/mol. The minimum absolute atomic E-state index is 0.195. The van der Waals surface area contributed by atoms with E-state index < -0.39 is 11.7 Å². The summed E-state index contributed by atoms with van der Waals surface area (Å²) < 4.78 is 43.7. The highest BCUT2D eigenvalue weighted by molar-refractivity contribution is 5.79. The molecule has 0 bridgehead atoms. The lowest BCUT2D eigenvalue weighted by Crippen LogP contribution is -2.41. The van der Waals surface area contributed by atoms with Gasteiger partial charge in [-0.05, 0) is 36.2 Å². The molecule has 31 heavy (non-hydrogen) atoms. The van der Waals surface area contributed by atoms with Crippen LogP contribution in [0.5, 0.6) is 0 Å². The molecule has 2 heterocycles. The summed E-state index contributed by atoms with van der Waals surface area (Å²) in [6.45, 7) is 5.38. The zero-order valence-electron chi connectivity index (χ0n) is 18.0. The summed E-state index contributed by atoms with van der Waals surface area (Å²) in [4.78, 5) is 12.9. The van der Waals surface area contributed by atoms with Crippen molar-refractivity contribution < 1.29 is 17.9 Å². The molecule has 6 nitrogen and oxygen atoms in total. The Labute approximate surface area is 180 Å². The van der Waals surface area contributed by atoms with Crippen LogP contribution in [-0.2, 0) is 24.0 Å². The van der Waals surface area contributed by atoms with E-state index in [0.717, 1.165) is 42.2 Å². The first-order chi connectivity index (χ1) is 14.8. The van der Waals surface area contributed by atoms with Crippen LogP contribution >= 0.6 is 0 Å². The fourth-order valence-electron chi connectivity index (χ4n) is 3.45. The van der Waals surface area contributed by atoms with Gasteiger partial charge in [-0.3, -0.25) is 4.99 Å². The van der Waals surface area contributed by atoms with Crippen molar-refractivity contribution in [1.29, 1.82) is 0 Å². The smallest absolute Gasteiger partial charge is 0.375 e. The van der Waals surface area contributed by atoms with Crippen LogP contribution in [-0.4, -0.2) is 55.7 Å². The van der Waals surface area contributed by atoms with Gasteiger partial charge in [0.15, 0.2) is 5.96 Å². The van der Waals surface area contributed by atoms with Crippen LogP contribution in [0.2, 0.25) is 0 Å². The number of guanidine groups is 1. The Morgan fingerprint density at radius 1 is 1.23 bits per heavy atom. The van der Waals surface area contributed by atoms with E-state index >= 15 is 0 Å². The van der Waals surface area contributed by atoms with Gasteiger partial charge in [0.05, 0.1) is 18.3 Å². The number of aromatic nitrogens is 1. The molecule has 1 aliphatic rings. The van der Waals surface area contributed by atoms with E-state index in [1.54, 1.807) is 7.05 Å². The zero-order chi connectivity index (χ0) is 22.4. The third-order valence-corrected chi connectivity index (χ3v) is 5.10. The summed E-state index contributed by atoms with van der Waals surface area (Å²) in [5, 5.41) is 3.27. The predicted octanol–water partition coefficient (Wildman–Crippen LogP) is 3.53. The van der Waals surface area contributed by atoms with Gasteiger partial charge in [-0.25, -0.2) is 4.98 Å². The molecular formula is C22H28F3N5O. The highest BCUT2D eigenvalue weighted by Crippen LogP contribution is 2.29. The molecule has 1 aliphatic heterocycles. The van der Waals surface area contributed by atoms with E-state index in [0.29, 0.717) is 25.7 Å². The van der Waals surface area contributed by atoms with Gasteiger partial charge in [0.2, 0.25) is 0 Å². The van der Waals surface area contributed by atoms with E-state index in [2.05, 4.69) is 27.1 Å². The maximum Gasteiger partial charge on any atom is 0.416 e. The molecule has 0 amide bonds. The van der Waals surface area contributed by atoms with Crippen molar-refractivity contribution in [3.63, 3.8) is 0 Å². The van der Waals surface area contributed by atoms with Crippen molar-refractivity contribution in [3.05, 3.63) is 59.3 Å². The second-order valence-corrected chi connectivity index (χ2v) is 7.60. The second kappa shape index (κ2) is 10.00. The van der Waals surface area contributed by atoms with Gasteiger partial charge in [-0.2, -0.15) is 13.2 Å². The Morgan fingerprint density at radius 3 is 2.52 bits per heavy atom. The first-order valence-corrected chi connectivity index (χ1v) is 10.2. The molecule has 2 aromatic rings. The van der Waals surface area contributed by atoms with E-state index in [-0.39, 0.29) is 6.10 Å². The molecule has 168 valence electrons. The maximum absolute atomic E-state index is 12.7. The Bertz CT molecular complexity index is 868. The topological polar surface area (TPSA) is 53.0 Å². The molecular weight excluding hydrogens is 407 g/mol. The minimum Gasteiger partial charge on any atom is -0.375 e. The van der Waals surface area contributed by atoms with Crippen LogP contribution in [0.3, 0.4) is 0 Å². The van der Waals surface area contributed by atoms with Gasteiger partial charge >= 0.3 is 6.18 Å². The van der Waals surface area contributed by atoms with Crippen molar-refractivity contribution in [2.75, 3.05) is 38.7 Å². The van der Waals surface area contributed by atoms with Crippen LogP contribution in [0.1, 0.15) is 23.6 Å². The number of nitrogens with zero attached hydrogens (tertiary/aromatic N) is 4. The summed E-state index contributed by atoms with van der Waals surface area (Å²) in [5.41, 5.74) is 1.13. The summed E-state index contributed by atoms with van der Waals surface area (Å²) in [6, 6.07) is 9.20. The fraction of sp³-hybridized carbons (Fsp3) is 0.455. The third-order valence-electron chi connectivity index (χ3n) is 5.10. The van der Waals surface area contributed by atoms with Crippen molar-refractivity contribution in [2.24, 2.45) is 4.99 Å². The van der Waals surface area contributed by atoms with E-state index in [1.165, 1.54) is 12.1 Å². The number of aliphatic imine (C=N–C) groups is 1. The standard InChI is InChI=1S/C22H28F3N5O/c1-16-14-30(10-11-31-16)20-9-6-18(12-27-20)13-28-21(26-2)29(3)15-17-4-7-19(8-5-17)22(23,24)25/h4-9,12,16H,10-11,13-15H2,1-3H3,(H,26,28). The summed E-state index contributed by atoms with van der Waals surface area (Å²) in [5.74, 6) is 1.58. The van der Waals surface area contributed by atoms with Crippen molar-refractivity contribution in [3.8, 4) is 0 Å². The molecule has 1 saturated heterocycles. The van der Waals surface area contributed by atoms with Crippen LogP contribution < -0.4 is 10.2 Å². The fourth-order valence-corrected chi connectivity index (χ4v) is 3.45. The lowest BCUT2D eigenvalue weighted by molar-refractivity contribution is -0.137. The van der Waals surface area contributed by atoms with Crippen molar-refractivity contribution in [2.45, 2.75) is 32.3 Å². The SMILES string of the molecule is CN=C(NCc1ccc(N2CCOC(C)C2)nc1)N(C)Cc1ccc(C(F)(F)F)cc1. The average molecular weight is 435 g/mol. The van der Waals surface area contributed by atoms with Gasteiger partial charge in [0.1, 0.15) is 5.82 Å². The number of rotatable bonds is 5. The average Bonchev–Trinajstić information content (AvgIpc) is 2.74. The van der Waals surface area contributed by atoms with Crippen LogP contribution in [0.25, 0.3) is 0 Å². The van der Waals surface area contributed by atoms with Crippen molar-refractivity contribution >= 4 is 11.8 Å². The minimum atomic E-state index is -4.33.